The first kappa shape index (κ1) is 16.0. The average Bonchev–Trinajstić information content (AvgIpc) is 2.49. The van der Waals surface area contributed by atoms with E-state index in [2.05, 4.69) is 43.7 Å². The molecule has 0 radical (unpaired) electrons. The number of rotatable bonds is 4. The number of phenols is 1. The molecule has 0 fully saturated rings. The highest BCUT2D eigenvalue weighted by molar-refractivity contribution is 5.61. The van der Waals surface area contributed by atoms with Crippen molar-refractivity contribution in [2.75, 3.05) is 0 Å². The molecule has 0 atom stereocenters. The lowest BCUT2D eigenvalue weighted by atomic mass is 9.93. The molecule has 2 rings (SSSR count). The lowest BCUT2D eigenvalue weighted by Gasteiger charge is -2.15. The summed E-state index contributed by atoms with van der Waals surface area (Å²) in [6, 6.07) is 16.1. The average molecular weight is 294 g/mol. The predicted octanol–water partition coefficient (Wildman–Crippen LogP) is 5.78. The van der Waals surface area contributed by atoms with E-state index in [-0.39, 0.29) is 11.8 Å². The summed E-state index contributed by atoms with van der Waals surface area (Å²) in [4.78, 5) is 8.49. The zero-order valence-electron chi connectivity index (χ0n) is 13.5. The second kappa shape index (κ2) is 7.06. The van der Waals surface area contributed by atoms with Crippen molar-refractivity contribution >= 4 is 17.4 Å². The summed E-state index contributed by atoms with van der Waals surface area (Å²) in [6.07, 6.45) is 0. The van der Waals surface area contributed by atoms with Crippen LogP contribution >= 0.6 is 0 Å². The summed E-state index contributed by atoms with van der Waals surface area (Å²) in [5.41, 5.74) is 3.40. The molecule has 0 bridgehead atoms. The van der Waals surface area contributed by atoms with Crippen molar-refractivity contribution in [3.8, 4) is 5.75 Å². The highest BCUT2D eigenvalue weighted by Gasteiger charge is 2.14. The first-order valence-electron chi connectivity index (χ1n) is 7.57. The van der Waals surface area contributed by atoms with E-state index >= 15 is 0 Å². The highest BCUT2D eigenvalue weighted by Crippen LogP contribution is 2.37. The van der Waals surface area contributed by atoms with Gasteiger partial charge in [0.25, 0.3) is 0 Å². The van der Waals surface area contributed by atoms with Crippen LogP contribution in [0, 0.1) is 0 Å². The maximum atomic E-state index is 10.4. The van der Waals surface area contributed by atoms with Crippen LogP contribution in [0.25, 0.3) is 0 Å². The van der Waals surface area contributed by atoms with Gasteiger partial charge in [-0.1, -0.05) is 45.9 Å². The number of aliphatic imine (C=N–C) groups is 2. The zero-order valence-corrected chi connectivity index (χ0v) is 13.5. The topological polar surface area (TPSA) is 45.0 Å². The Hall–Kier alpha value is -2.38. The van der Waals surface area contributed by atoms with E-state index < -0.39 is 0 Å². The summed E-state index contributed by atoms with van der Waals surface area (Å²) < 4.78 is 0. The third-order valence-corrected chi connectivity index (χ3v) is 3.51. The SMILES string of the molecule is CC(C)c1cc(N=C=Nc2ccccc2)cc(C(C)C)c1O. The Morgan fingerprint density at radius 1 is 0.818 bits per heavy atom. The Balaban J connectivity index is 2.41. The van der Waals surface area contributed by atoms with Crippen LogP contribution in [0.5, 0.6) is 5.75 Å². The molecule has 0 heterocycles. The first-order valence-corrected chi connectivity index (χ1v) is 7.57. The summed E-state index contributed by atoms with van der Waals surface area (Å²) in [6.45, 7) is 8.24. The van der Waals surface area contributed by atoms with Crippen LogP contribution in [0.15, 0.2) is 52.4 Å². The smallest absolute Gasteiger partial charge is 0.122 e. The number of nitrogens with zero attached hydrogens (tertiary/aromatic N) is 2. The molecular formula is C19H22N2O. The highest BCUT2D eigenvalue weighted by atomic mass is 16.3. The van der Waals surface area contributed by atoms with Crippen molar-refractivity contribution in [3.63, 3.8) is 0 Å². The fraction of sp³-hybridized carbons (Fsp3) is 0.316. The van der Waals surface area contributed by atoms with Crippen LogP contribution in [-0.4, -0.2) is 11.1 Å². The molecule has 0 amide bonds. The Morgan fingerprint density at radius 3 is 1.82 bits per heavy atom. The first-order chi connectivity index (χ1) is 10.5. The van der Waals surface area contributed by atoms with Crippen molar-refractivity contribution in [1.29, 1.82) is 0 Å². The summed E-state index contributed by atoms with van der Waals surface area (Å²) >= 11 is 0. The van der Waals surface area contributed by atoms with Crippen molar-refractivity contribution in [2.45, 2.75) is 39.5 Å². The minimum Gasteiger partial charge on any atom is -0.507 e. The quantitative estimate of drug-likeness (QED) is 0.714. The molecule has 3 nitrogen and oxygen atoms in total. The van der Waals surface area contributed by atoms with Crippen molar-refractivity contribution in [3.05, 3.63) is 53.6 Å². The molecule has 0 aliphatic rings. The van der Waals surface area contributed by atoms with Crippen molar-refractivity contribution < 1.29 is 5.11 Å². The minimum absolute atomic E-state index is 0.235. The number of benzene rings is 2. The van der Waals surface area contributed by atoms with E-state index in [9.17, 15) is 5.11 Å². The predicted molar refractivity (Wildman–Crippen MR) is 91.9 cm³/mol. The van der Waals surface area contributed by atoms with Crippen LogP contribution in [0.1, 0.15) is 50.7 Å². The molecule has 0 aliphatic carbocycles. The number of aromatic hydroxyl groups is 1. The van der Waals surface area contributed by atoms with E-state index in [4.69, 9.17) is 0 Å². The van der Waals surface area contributed by atoms with E-state index in [0.29, 0.717) is 5.75 Å². The third-order valence-electron chi connectivity index (χ3n) is 3.51. The molecule has 0 aliphatic heterocycles. The Kier molecular flexibility index (Phi) is 5.13. The molecule has 0 unspecified atom stereocenters. The van der Waals surface area contributed by atoms with Gasteiger partial charge in [-0.3, -0.25) is 0 Å². The maximum Gasteiger partial charge on any atom is 0.122 e. The third kappa shape index (κ3) is 3.84. The molecule has 0 spiro atoms. The van der Waals surface area contributed by atoms with E-state index in [1.807, 2.05) is 42.5 Å². The molecule has 1 N–H and O–H groups in total. The van der Waals surface area contributed by atoms with Gasteiger partial charge in [-0.2, -0.15) is 9.98 Å². The fourth-order valence-electron chi connectivity index (χ4n) is 2.25. The second-order valence-corrected chi connectivity index (χ2v) is 5.94. The lowest BCUT2D eigenvalue weighted by molar-refractivity contribution is 0.454. The van der Waals surface area contributed by atoms with Gasteiger partial charge >= 0.3 is 0 Å². The van der Waals surface area contributed by atoms with Crippen LogP contribution in [0.2, 0.25) is 0 Å². The molecule has 3 heteroatoms. The van der Waals surface area contributed by atoms with E-state index in [1.165, 1.54) is 0 Å². The van der Waals surface area contributed by atoms with Crippen LogP contribution < -0.4 is 0 Å². The Labute approximate surface area is 132 Å². The lowest BCUT2D eigenvalue weighted by Crippen LogP contribution is -1.95. The standard InChI is InChI=1S/C19H22N2O/c1-13(2)17-10-16(11-18(14(3)4)19(17)22)21-12-20-15-8-6-5-7-9-15/h5-11,13-14,22H,1-4H3. The van der Waals surface area contributed by atoms with Gasteiger partial charge in [-0.25, -0.2) is 0 Å². The van der Waals surface area contributed by atoms with Gasteiger partial charge in [-0.05, 0) is 47.2 Å². The van der Waals surface area contributed by atoms with Gasteiger partial charge in [-0.15, -0.1) is 0 Å². The molecule has 2 aromatic rings. The minimum atomic E-state index is 0.235. The van der Waals surface area contributed by atoms with Crippen molar-refractivity contribution in [1.82, 2.24) is 0 Å². The Bertz CT molecular complexity index is 668. The van der Waals surface area contributed by atoms with Gasteiger partial charge in [0.05, 0.1) is 11.4 Å². The van der Waals surface area contributed by atoms with Crippen LogP contribution in [-0.2, 0) is 0 Å². The monoisotopic (exact) mass is 294 g/mol. The Morgan fingerprint density at radius 2 is 1.32 bits per heavy atom. The van der Waals surface area contributed by atoms with Crippen molar-refractivity contribution in [2.24, 2.45) is 9.98 Å². The van der Waals surface area contributed by atoms with E-state index in [0.717, 1.165) is 22.5 Å². The maximum absolute atomic E-state index is 10.4. The molecule has 2 aromatic carbocycles. The number of hydrogen-bond acceptors (Lipinski definition) is 3. The number of hydrogen-bond donors (Lipinski definition) is 1. The molecule has 114 valence electrons. The fourth-order valence-corrected chi connectivity index (χ4v) is 2.25. The van der Waals surface area contributed by atoms with Gasteiger partial charge in [0.2, 0.25) is 0 Å². The van der Waals surface area contributed by atoms with Crippen LogP contribution in [0.4, 0.5) is 11.4 Å². The number of phenolic OH excluding ortho intramolecular Hbond substituents is 1. The van der Waals surface area contributed by atoms with E-state index in [1.54, 1.807) is 0 Å². The van der Waals surface area contributed by atoms with Gasteiger partial charge in [0.1, 0.15) is 11.8 Å². The molecular weight excluding hydrogens is 272 g/mol. The molecule has 0 saturated carbocycles. The van der Waals surface area contributed by atoms with Gasteiger partial charge in [0, 0.05) is 0 Å². The molecule has 0 saturated heterocycles. The normalized spacial score (nSPS) is 10.6. The summed E-state index contributed by atoms with van der Waals surface area (Å²) in [5.74, 6) is 0.848. The zero-order chi connectivity index (χ0) is 16.1. The molecule has 22 heavy (non-hydrogen) atoms. The second-order valence-electron chi connectivity index (χ2n) is 5.94. The summed E-state index contributed by atoms with van der Waals surface area (Å²) in [5, 5.41) is 10.4. The summed E-state index contributed by atoms with van der Waals surface area (Å²) in [7, 11) is 0. The van der Waals surface area contributed by atoms with Gasteiger partial charge in [0.15, 0.2) is 0 Å². The number of para-hydroxylation sites is 1. The van der Waals surface area contributed by atoms with Crippen LogP contribution in [0.3, 0.4) is 0 Å². The van der Waals surface area contributed by atoms with Gasteiger partial charge < -0.3 is 5.11 Å². The largest absolute Gasteiger partial charge is 0.507 e. The molecule has 0 aromatic heterocycles.